The monoisotopic (exact) mass is 322 g/mol. The minimum absolute atomic E-state index is 0.0686. The van der Waals surface area contributed by atoms with Crippen molar-refractivity contribution in [3.8, 4) is 11.1 Å². The van der Waals surface area contributed by atoms with E-state index in [0.29, 0.717) is 11.1 Å². The molecule has 6 heteroatoms. The molecular weight excluding hydrogens is 303 g/mol. The van der Waals surface area contributed by atoms with Gasteiger partial charge < -0.3 is 5.73 Å². The van der Waals surface area contributed by atoms with Crippen molar-refractivity contribution in [1.82, 2.24) is 4.72 Å². The quantitative estimate of drug-likeness (QED) is 0.853. The van der Waals surface area contributed by atoms with Gasteiger partial charge in [0.15, 0.2) is 0 Å². The number of benzene rings is 2. The first-order valence-electron chi connectivity index (χ1n) is 6.79. The Morgan fingerprint density at radius 1 is 1.00 bits per heavy atom. The van der Waals surface area contributed by atoms with Crippen LogP contribution in [0.4, 0.5) is 10.1 Å². The van der Waals surface area contributed by atoms with Crippen molar-refractivity contribution in [2.45, 2.75) is 31.2 Å². The normalized spacial score (nSPS) is 12.4. The Bertz CT molecular complexity index is 796. The van der Waals surface area contributed by atoms with E-state index in [9.17, 15) is 12.8 Å². The first kappa shape index (κ1) is 16.5. The van der Waals surface area contributed by atoms with Crippen molar-refractivity contribution in [2.24, 2.45) is 0 Å². The molecule has 0 aromatic heterocycles. The lowest BCUT2D eigenvalue weighted by atomic mass is 10.0. The molecule has 0 aliphatic carbocycles. The third-order valence-electron chi connectivity index (χ3n) is 2.96. The van der Waals surface area contributed by atoms with Crippen LogP contribution >= 0.6 is 0 Å². The van der Waals surface area contributed by atoms with Gasteiger partial charge >= 0.3 is 0 Å². The van der Waals surface area contributed by atoms with Crippen LogP contribution < -0.4 is 10.5 Å². The molecule has 0 fully saturated rings. The molecule has 0 aliphatic rings. The zero-order valence-corrected chi connectivity index (χ0v) is 13.5. The van der Waals surface area contributed by atoms with Crippen LogP contribution in [0.25, 0.3) is 11.1 Å². The molecular formula is C16H19FN2O2S. The molecule has 0 spiro atoms. The van der Waals surface area contributed by atoms with Crippen LogP contribution in [0.5, 0.6) is 0 Å². The van der Waals surface area contributed by atoms with Crippen LogP contribution in [0.15, 0.2) is 47.4 Å². The van der Waals surface area contributed by atoms with E-state index >= 15 is 0 Å². The summed E-state index contributed by atoms with van der Waals surface area (Å²) in [6, 6.07) is 10.7. The van der Waals surface area contributed by atoms with Gasteiger partial charge in [-0.25, -0.2) is 17.5 Å². The Labute approximate surface area is 130 Å². The minimum atomic E-state index is -3.75. The summed E-state index contributed by atoms with van der Waals surface area (Å²) < 4.78 is 41.5. The topological polar surface area (TPSA) is 72.2 Å². The number of anilines is 1. The number of para-hydroxylation sites is 1. The van der Waals surface area contributed by atoms with Gasteiger partial charge in [0.2, 0.25) is 10.0 Å². The summed E-state index contributed by atoms with van der Waals surface area (Å²) in [6.07, 6.45) is 0. The van der Waals surface area contributed by atoms with Crippen LogP contribution in [-0.2, 0) is 10.0 Å². The maximum absolute atomic E-state index is 13.7. The summed E-state index contributed by atoms with van der Waals surface area (Å²) in [5.41, 5.74) is 5.80. The summed E-state index contributed by atoms with van der Waals surface area (Å²) >= 11 is 0. The van der Waals surface area contributed by atoms with Gasteiger partial charge in [0, 0.05) is 16.7 Å². The molecule has 0 saturated heterocycles. The largest absolute Gasteiger partial charge is 0.396 e. The van der Waals surface area contributed by atoms with Crippen molar-refractivity contribution in [3.63, 3.8) is 0 Å². The smallest absolute Gasteiger partial charge is 0.241 e. The standard InChI is InChI=1S/C16H19FN2O2S/c1-16(2,3)19-22(20,21)14-10-5-4-7-11(14)12-8-6-9-13(17)15(12)18/h4-10,19H,18H2,1-3H3. The molecule has 118 valence electrons. The maximum atomic E-state index is 13.7. The summed E-state index contributed by atoms with van der Waals surface area (Å²) in [5.74, 6) is -0.575. The van der Waals surface area contributed by atoms with Gasteiger partial charge in [-0.2, -0.15) is 0 Å². The van der Waals surface area contributed by atoms with Gasteiger partial charge in [0.05, 0.1) is 10.6 Å². The van der Waals surface area contributed by atoms with Gasteiger partial charge in [-0.1, -0.05) is 30.3 Å². The molecule has 2 aromatic carbocycles. The van der Waals surface area contributed by atoms with Gasteiger partial charge in [0.25, 0.3) is 0 Å². The third kappa shape index (κ3) is 3.45. The van der Waals surface area contributed by atoms with E-state index < -0.39 is 21.4 Å². The van der Waals surface area contributed by atoms with Crippen molar-refractivity contribution in [2.75, 3.05) is 5.73 Å². The van der Waals surface area contributed by atoms with Crippen LogP contribution in [0.3, 0.4) is 0 Å². The molecule has 0 atom stereocenters. The van der Waals surface area contributed by atoms with Crippen LogP contribution in [0.1, 0.15) is 20.8 Å². The third-order valence-corrected chi connectivity index (χ3v) is 4.78. The Morgan fingerprint density at radius 3 is 2.23 bits per heavy atom. The highest BCUT2D eigenvalue weighted by Crippen LogP contribution is 2.33. The lowest BCUT2D eigenvalue weighted by molar-refractivity contribution is 0.491. The molecule has 0 heterocycles. The number of nitrogens with two attached hydrogens (primary N) is 1. The summed E-state index contributed by atoms with van der Waals surface area (Å²) in [5, 5.41) is 0. The average molecular weight is 322 g/mol. The molecule has 0 aliphatic heterocycles. The van der Waals surface area contributed by atoms with Gasteiger partial charge in [-0.15, -0.1) is 0 Å². The van der Waals surface area contributed by atoms with Crippen LogP contribution in [0, 0.1) is 5.82 Å². The van der Waals surface area contributed by atoms with E-state index in [1.807, 2.05) is 0 Å². The van der Waals surface area contributed by atoms with Gasteiger partial charge in [-0.3, -0.25) is 0 Å². The van der Waals surface area contributed by atoms with E-state index in [2.05, 4.69) is 4.72 Å². The Morgan fingerprint density at radius 2 is 1.59 bits per heavy atom. The lowest BCUT2D eigenvalue weighted by Crippen LogP contribution is -2.40. The number of sulfonamides is 1. The second-order valence-electron chi connectivity index (χ2n) is 6.05. The molecule has 22 heavy (non-hydrogen) atoms. The fraction of sp³-hybridized carbons (Fsp3) is 0.250. The molecule has 0 amide bonds. The number of nitrogens with one attached hydrogen (secondary N) is 1. The molecule has 2 aromatic rings. The molecule has 2 rings (SSSR count). The summed E-state index contributed by atoms with van der Waals surface area (Å²) in [7, 11) is -3.75. The van der Waals surface area contributed by atoms with E-state index in [1.165, 1.54) is 18.2 Å². The molecule has 0 bridgehead atoms. The molecule has 4 nitrogen and oxygen atoms in total. The SMILES string of the molecule is CC(C)(C)NS(=O)(=O)c1ccccc1-c1cccc(F)c1N. The van der Waals surface area contributed by atoms with Gasteiger partial charge in [-0.05, 0) is 32.9 Å². The zero-order valence-electron chi connectivity index (χ0n) is 12.7. The van der Waals surface area contributed by atoms with Crippen LogP contribution in [-0.4, -0.2) is 14.0 Å². The van der Waals surface area contributed by atoms with Crippen molar-refractivity contribution in [1.29, 1.82) is 0 Å². The number of hydrogen-bond acceptors (Lipinski definition) is 3. The van der Waals surface area contributed by atoms with Crippen LogP contribution in [0.2, 0.25) is 0 Å². The van der Waals surface area contributed by atoms with E-state index in [4.69, 9.17) is 5.73 Å². The number of halogens is 1. The molecule has 0 radical (unpaired) electrons. The molecule has 3 N–H and O–H groups in total. The Kier molecular flexibility index (Phi) is 4.26. The first-order valence-corrected chi connectivity index (χ1v) is 8.27. The Hall–Kier alpha value is -1.92. The zero-order chi connectivity index (χ0) is 16.5. The van der Waals surface area contributed by atoms with Gasteiger partial charge in [0.1, 0.15) is 5.82 Å². The highest BCUT2D eigenvalue weighted by molar-refractivity contribution is 7.89. The summed E-state index contributed by atoms with van der Waals surface area (Å²) in [4.78, 5) is 0.0715. The highest BCUT2D eigenvalue weighted by Gasteiger charge is 2.25. The highest BCUT2D eigenvalue weighted by atomic mass is 32.2. The summed E-state index contributed by atoms with van der Waals surface area (Å²) in [6.45, 7) is 5.26. The van der Waals surface area contributed by atoms with E-state index in [-0.39, 0.29) is 10.6 Å². The van der Waals surface area contributed by atoms with Crippen molar-refractivity contribution in [3.05, 3.63) is 48.3 Å². The second kappa shape index (κ2) is 5.70. The number of hydrogen-bond donors (Lipinski definition) is 2. The molecule has 0 saturated carbocycles. The lowest BCUT2D eigenvalue weighted by Gasteiger charge is -2.22. The van der Waals surface area contributed by atoms with Crippen molar-refractivity contribution < 1.29 is 12.8 Å². The van der Waals surface area contributed by atoms with Crippen molar-refractivity contribution >= 4 is 15.7 Å². The Balaban J connectivity index is 2.64. The fourth-order valence-electron chi connectivity index (χ4n) is 2.15. The fourth-order valence-corrected chi connectivity index (χ4v) is 3.79. The molecule has 0 unspecified atom stereocenters. The minimum Gasteiger partial charge on any atom is -0.396 e. The van der Waals surface area contributed by atoms with E-state index in [0.717, 1.165) is 0 Å². The number of rotatable bonds is 3. The second-order valence-corrected chi connectivity index (χ2v) is 7.70. The average Bonchev–Trinajstić information content (AvgIpc) is 2.39. The predicted octanol–water partition coefficient (Wildman–Crippen LogP) is 3.15. The first-order chi connectivity index (χ1) is 10.1. The number of nitrogen functional groups attached to an aromatic ring is 1. The maximum Gasteiger partial charge on any atom is 0.241 e. The predicted molar refractivity (Wildman–Crippen MR) is 86.3 cm³/mol. The van der Waals surface area contributed by atoms with E-state index in [1.54, 1.807) is 45.0 Å².